The molecule has 8 nitrogen and oxygen atoms in total. The molecule has 0 saturated carbocycles. The van der Waals surface area contributed by atoms with Crippen LogP contribution in [-0.4, -0.2) is 62.1 Å². The summed E-state index contributed by atoms with van der Waals surface area (Å²) in [5.74, 6) is -0.468. The van der Waals surface area contributed by atoms with E-state index in [1.165, 1.54) is 19.2 Å². The van der Waals surface area contributed by atoms with Crippen molar-refractivity contribution in [3.05, 3.63) is 57.9 Å². The number of nitrogens with zero attached hydrogens (tertiary/aromatic N) is 4. The molecule has 2 aliphatic heterocycles. The second-order valence-electron chi connectivity index (χ2n) is 7.75. The van der Waals surface area contributed by atoms with Gasteiger partial charge < -0.3 is 19.4 Å². The Hall–Kier alpha value is -3.36. The highest BCUT2D eigenvalue weighted by Crippen LogP contribution is 2.29. The van der Waals surface area contributed by atoms with Gasteiger partial charge in [0.05, 0.1) is 12.0 Å². The van der Waals surface area contributed by atoms with Crippen molar-refractivity contribution >= 4 is 23.0 Å². The number of nitro benzene ring substituents is 1. The lowest BCUT2D eigenvalue weighted by molar-refractivity contribution is -0.385. The normalized spacial score (nSPS) is 16.5. The van der Waals surface area contributed by atoms with Gasteiger partial charge in [0.25, 0.3) is 11.6 Å². The van der Waals surface area contributed by atoms with E-state index >= 15 is 0 Å². The van der Waals surface area contributed by atoms with E-state index in [1.54, 1.807) is 23.1 Å². The van der Waals surface area contributed by atoms with Crippen LogP contribution in [0.15, 0.2) is 36.4 Å². The van der Waals surface area contributed by atoms with Crippen LogP contribution in [0.4, 0.5) is 21.5 Å². The molecular formula is C22H25FN4O4. The van der Waals surface area contributed by atoms with Crippen molar-refractivity contribution in [2.45, 2.75) is 12.8 Å². The lowest BCUT2D eigenvalue weighted by Crippen LogP contribution is -2.46. The predicted molar refractivity (Wildman–Crippen MR) is 116 cm³/mol. The van der Waals surface area contributed by atoms with Crippen LogP contribution < -0.4 is 14.5 Å². The van der Waals surface area contributed by atoms with E-state index in [2.05, 4.69) is 9.80 Å². The zero-order chi connectivity index (χ0) is 22.0. The maximum absolute atomic E-state index is 14.0. The van der Waals surface area contributed by atoms with Gasteiger partial charge in [0.15, 0.2) is 11.6 Å². The molecule has 2 aromatic carbocycles. The molecule has 31 heavy (non-hydrogen) atoms. The highest BCUT2D eigenvalue weighted by atomic mass is 19.1. The summed E-state index contributed by atoms with van der Waals surface area (Å²) in [6.07, 6.45) is 1.85. The van der Waals surface area contributed by atoms with Gasteiger partial charge in [0.1, 0.15) is 5.56 Å². The molecule has 2 heterocycles. The topological polar surface area (TPSA) is 79.2 Å². The lowest BCUT2D eigenvalue weighted by atomic mass is 10.1. The molecule has 2 saturated heterocycles. The van der Waals surface area contributed by atoms with E-state index in [4.69, 9.17) is 4.74 Å². The average Bonchev–Trinajstić information content (AvgIpc) is 3.33. The summed E-state index contributed by atoms with van der Waals surface area (Å²) in [4.78, 5) is 29.7. The van der Waals surface area contributed by atoms with Crippen molar-refractivity contribution in [3.63, 3.8) is 0 Å². The zero-order valence-corrected chi connectivity index (χ0v) is 17.4. The van der Waals surface area contributed by atoms with Crippen molar-refractivity contribution in [1.29, 1.82) is 0 Å². The predicted octanol–water partition coefficient (Wildman–Crippen LogP) is 3.31. The minimum Gasteiger partial charge on any atom is -0.494 e. The summed E-state index contributed by atoms with van der Waals surface area (Å²) in [6.45, 7) is 3.91. The minimum absolute atomic E-state index is 0.143. The van der Waals surface area contributed by atoms with Crippen LogP contribution in [0.2, 0.25) is 0 Å². The Morgan fingerprint density at radius 2 is 1.55 bits per heavy atom. The lowest BCUT2D eigenvalue weighted by Gasteiger charge is -2.37. The Labute approximate surface area is 179 Å². The fourth-order valence-corrected chi connectivity index (χ4v) is 4.22. The monoisotopic (exact) mass is 428 g/mol. The molecule has 0 spiro atoms. The van der Waals surface area contributed by atoms with E-state index in [9.17, 15) is 19.3 Å². The molecule has 0 radical (unpaired) electrons. The number of carbonyl (C=O) groups is 1. The van der Waals surface area contributed by atoms with Crippen LogP contribution >= 0.6 is 0 Å². The van der Waals surface area contributed by atoms with Crippen LogP contribution in [0.5, 0.6) is 5.75 Å². The van der Waals surface area contributed by atoms with Gasteiger partial charge in [-0.05, 0) is 37.1 Å². The zero-order valence-electron chi connectivity index (χ0n) is 17.4. The average molecular weight is 428 g/mol. The summed E-state index contributed by atoms with van der Waals surface area (Å²) >= 11 is 0. The molecule has 0 aromatic heterocycles. The Bertz CT molecular complexity index is 985. The number of halogens is 1. The molecule has 2 aliphatic rings. The molecule has 9 heteroatoms. The maximum Gasteiger partial charge on any atom is 0.282 e. The quantitative estimate of drug-likeness (QED) is 0.537. The highest BCUT2D eigenvalue weighted by molar-refractivity contribution is 5.99. The summed E-state index contributed by atoms with van der Waals surface area (Å²) in [5.41, 5.74) is 1.55. The van der Waals surface area contributed by atoms with Crippen molar-refractivity contribution in [2.24, 2.45) is 0 Å². The number of benzene rings is 2. The first kappa shape index (κ1) is 20.9. The maximum atomic E-state index is 14.0. The summed E-state index contributed by atoms with van der Waals surface area (Å²) < 4.78 is 19.0. The Kier molecular flexibility index (Phi) is 5.92. The molecule has 0 unspecified atom stereocenters. The largest absolute Gasteiger partial charge is 0.494 e. The minimum atomic E-state index is -0.497. The summed E-state index contributed by atoms with van der Waals surface area (Å²) in [5, 5.41) is 11.5. The number of piperazine rings is 1. The third-order valence-electron chi connectivity index (χ3n) is 5.95. The van der Waals surface area contributed by atoms with Gasteiger partial charge in [-0.3, -0.25) is 14.9 Å². The molecular weight excluding hydrogens is 403 g/mol. The first-order chi connectivity index (χ1) is 15.0. The second kappa shape index (κ2) is 8.79. The number of carbonyl (C=O) groups excluding carboxylic acids is 1. The molecule has 4 rings (SSSR count). The fraction of sp³-hybridized carbons (Fsp3) is 0.409. The summed E-state index contributed by atoms with van der Waals surface area (Å²) in [7, 11) is 1.43. The third-order valence-corrected chi connectivity index (χ3v) is 5.95. The third kappa shape index (κ3) is 4.26. The molecule has 0 aliphatic carbocycles. The van der Waals surface area contributed by atoms with Crippen LogP contribution in [0.25, 0.3) is 0 Å². The second-order valence-corrected chi connectivity index (χ2v) is 7.75. The number of hydrogen-bond donors (Lipinski definition) is 0. The summed E-state index contributed by atoms with van der Waals surface area (Å²) in [6, 6.07) is 9.67. The van der Waals surface area contributed by atoms with Gasteiger partial charge in [0, 0.05) is 62.8 Å². The van der Waals surface area contributed by atoms with E-state index in [-0.39, 0.29) is 22.9 Å². The molecule has 1 amide bonds. The first-order valence-corrected chi connectivity index (χ1v) is 10.4. The van der Waals surface area contributed by atoms with Crippen molar-refractivity contribution < 1.29 is 18.8 Å². The van der Waals surface area contributed by atoms with Gasteiger partial charge in [-0.25, -0.2) is 4.39 Å². The fourth-order valence-electron chi connectivity index (χ4n) is 4.22. The van der Waals surface area contributed by atoms with Gasteiger partial charge in [0.2, 0.25) is 0 Å². The van der Waals surface area contributed by atoms with Crippen LogP contribution in [-0.2, 0) is 0 Å². The Morgan fingerprint density at radius 1 is 0.968 bits per heavy atom. The van der Waals surface area contributed by atoms with E-state index in [0.717, 1.165) is 24.2 Å². The number of rotatable bonds is 5. The number of anilines is 2. The number of nitro groups is 1. The van der Waals surface area contributed by atoms with E-state index in [1.807, 2.05) is 6.07 Å². The molecule has 2 fully saturated rings. The van der Waals surface area contributed by atoms with E-state index in [0.29, 0.717) is 39.3 Å². The number of ether oxygens (including phenoxy) is 1. The molecule has 0 N–H and O–H groups in total. The molecule has 0 bridgehead atoms. The number of likely N-dealkylation sites (tertiary alicyclic amines) is 1. The van der Waals surface area contributed by atoms with Crippen LogP contribution in [0.1, 0.15) is 23.2 Å². The SMILES string of the molecule is COc1ccc(N2CCN(c3ccc([N+](=O)[O-])c(C(=O)N4CCCC4)c3)CC2)cc1F. The number of amides is 1. The number of methoxy groups -OCH3 is 1. The first-order valence-electron chi connectivity index (χ1n) is 10.4. The van der Waals surface area contributed by atoms with Gasteiger partial charge >= 0.3 is 0 Å². The van der Waals surface area contributed by atoms with Gasteiger partial charge in [-0.15, -0.1) is 0 Å². The van der Waals surface area contributed by atoms with Crippen molar-refractivity contribution in [2.75, 3.05) is 56.2 Å². The Balaban J connectivity index is 1.50. The van der Waals surface area contributed by atoms with Gasteiger partial charge in [-0.1, -0.05) is 0 Å². The van der Waals surface area contributed by atoms with E-state index < -0.39 is 10.7 Å². The standard InChI is InChI=1S/C22H25FN4O4/c1-31-21-7-5-17(15-19(21)23)25-12-10-24(11-13-25)16-4-6-20(27(29)30)18(14-16)22(28)26-8-2-3-9-26/h4-7,14-15H,2-3,8-13H2,1H3. The van der Waals surface area contributed by atoms with Crippen LogP contribution in [0, 0.1) is 15.9 Å². The highest BCUT2D eigenvalue weighted by Gasteiger charge is 2.28. The van der Waals surface area contributed by atoms with Crippen LogP contribution in [0.3, 0.4) is 0 Å². The van der Waals surface area contributed by atoms with Crippen molar-refractivity contribution in [3.8, 4) is 5.75 Å². The molecule has 2 aromatic rings. The number of hydrogen-bond acceptors (Lipinski definition) is 6. The smallest absolute Gasteiger partial charge is 0.282 e. The van der Waals surface area contributed by atoms with Gasteiger partial charge in [-0.2, -0.15) is 0 Å². The molecule has 0 atom stereocenters. The van der Waals surface area contributed by atoms with Crippen molar-refractivity contribution in [1.82, 2.24) is 4.90 Å². The Morgan fingerprint density at radius 3 is 2.10 bits per heavy atom. The molecule has 164 valence electrons.